The fourth-order valence-corrected chi connectivity index (χ4v) is 3.14. The van der Waals surface area contributed by atoms with Crippen molar-refractivity contribution in [2.24, 2.45) is 0 Å². The summed E-state index contributed by atoms with van der Waals surface area (Å²) in [5.41, 5.74) is 2.28. The van der Waals surface area contributed by atoms with Crippen LogP contribution in [0.4, 0.5) is 5.69 Å². The molecule has 0 bridgehead atoms. The molecule has 0 radical (unpaired) electrons. The molecular weight excluding hydrogens is 336 g/mol. The van der Waals surface area contributed by atoms with E-state index in [1.165, 1.54) is 5.69 Å². The third-order valence-electron chi connectivity index (χ3n) is 4.64. The summed E-state index contributed by atoms with van der Waals surface area (Å²) in [5, 5.41) is 8.33. The lowest BCUT2D eigenvalue weighted by molar-refractivity contribution is 0.255. The topological polar surface area (TPSA) is 44.5 Å². The Bertz CT molecular complexity index is 648. The van der Waals surface area contributed by atoms with E-state index in [2.05, 4.69) is 46.3 Å². The summed E-state index contributed by atoms with van der Waals surface area (Å²) < 4.78 is 5.35. The molecule has 2 heterocycles. The predicted octanol–water partition coefficient (Wildman–Crippen LogP) is 3.36. The van der Waals surface area contributed by atoms with E-state index in [9.17, 15) is 0 Å². The van der Waals surface area contributed by atoms with Crippen LogP contribution in [0.1, 0.15) is 31.2 Å². The third kappa shape index (κ3) is 5.21. The molecule has 0 spiro atoms. The lowest BCUT2D eigenvalue weighted by atomic mass is 10.1. The first-order valence-corrected chi connectivity index (χ1v) is 9.38. The molecule has 0 unspecified atom stereocenters. The highest BCUT2D eigenvalue weighted by Crippen LogP contribution is 2.19. The van der Waals surface area contributed by atoms with Crippen LogP contribution >= 0.6 is 11.6 Å². The van der Waals surface area contributed by atoms with E-state index in [0.29, 0.717) is 5.92 Å². The van der Waals surface area contributed by atoms with E-state index in [1.54, 1.807) is 0 Å². The summed E-state index contributed by atoms with van der Waals surface area (Å²) in [6.45, 7) is 11.3. The van der Waals surface area contributed by atoms with Crippen LogP contribution in [0.5, 0.6) is 0 Å². The summed E-state index contributed by atoms with van der Waals surface area (Å²) in [7, 11) is 0. The van der Waals surface area contributed by atoms with E-state index < -0.39 is 0 Å². The van der Waals surface area contributed by atoms with E-state index in [-0.39, 0.29) is 0 Å². The molecule has 1 aromatic carbocycles. The molecule has 0 atom stereocenters. The van der Waals surface area contributed by atoms with Gasteiger partial charge < -0.3 is 14.7 Å². The predicted molar refractivity (Wildman–Crippen MR) is 102 cm³/mol. The molecule has 2 aromatic rings. The molecule has 1 aliphatic heterocycles. The van der Waals surface area contributed by atoms with Crippen LogP contribution in [0.25, 0.3) is 0 Å². The van der Waals surface area contributed by atoms with E-state index in [0.717, 1.165) is 62.3 Å². The number of nitrogens with one attached hydrogen (secondary N) is 1. The molecule has 136 valence electrons. The van der Waals surface area contributed by atoms with E-state index in [4.69, 9.17) is 16.1 Å². The normalized spacial score (nSPS) is 15.9. The standard InChI is InChI=1S/C19H27ClN4O/c1-15(2)19-13-18(25-22-19)14-21-7-8-23-9-11-24(12-10-23)17-5-3-16(20)4-6-17/h3-6,13,15,21H,7-12,14H2,1-2H3. The van der Waals surface area contributed by atoms with Gasteiger partial charge in [-0.25, -0.2) is 0 Å². The van der Waals surface area contributed by atoms with Gasteiger partial charge in [0, 0.05) is 56.0 Å². The van der Waals surface area contributed by atoms with Gasteiger partial charge in [-0.05, 0) is 30.2 Å². The highest BCUT2D eigenvalue weighted by molar-refractivity contribution is 6.30. The molecule has 1 fully saturated rings. The molecule has 1 N–H and O–H groups in total. The summed E-state index contributed by atoms with van der Waals surface area (Å²) in [4.78, 5) is 4.92. The van der Waals surface area contributed by atoms with Crippen LogP contribution in [0, 0.1) is 0 Å². The Hall–Kier alpha value is -1.56. The van der Waals surface area contributed by atoms with Gasteiger partial charge in [0.15, 0.2) is 5.76 Å². The Morgan fingerprint density at radius 1 is 1.16 bits per heavy atom. The van der Waals surface area contributed by atoms with Gasteiger partial charge in [-0.2, -0.15) is 0 Å². The van der Waals surface area contributed by atoms with Gasteiger partial charge in [0.1, 0.15) is 0 Å². The van der Waals surface area contributed by atoms with Crippen molar-refractivity contribution in [3.63, 3.8) is 0 Å². The van der Waals surface area contributed by atoms with Gasteiger partial charge >= 0.3 is 0 Å². The number of aromatic nitrogens is 1. The first-order valence-electron chi connectivity index (χ1n) is 9.01. The van der Waals surface area contributed by atoms with Crippen LogP contribution in [0.3, 0.4) is 0 Å². The van der Waals surface area contributed by atoms with Crippen molar-refractivity contribution in [1.82, 2.24) is 15.4 Å². The van der Waals surface area contributed by atoms with Gasteiger partial charge in [0.2, 0.25) is 0 Å². The maximum Gasteiger partial charge on any atom is 0.150 e. The minimum absolute atomic E-state index is 0.412. The van der Waals surface area contributed by atoms with Crippen molar-refractivity contribution in [2.75, 3.05) is 44.2 Å². The number of anilines is 1. The molecule has 6 heteroatoms. The average Bonchev–Trinajstić information content (AvgIpc) is 3.09. The average molecular weight is 363 g/mol. The van der Waals surface area contributed by atoms with Gasteiger partial charge in [0.25, 0.3) is 0 Å². The number of hydrogen-bond acceptors (Lipinski definition) is 5. The summed E-state index contributed by atoms with van der Waals surface area (Å²) in [6, 6.07) is 10.2. The fraction of sp³-hybridized carbons (Fsp3) is 0.526. The first kappa shape index (κ1) is 18.2. The second kappa shape index (κ2) is 8.70. The fourth-order valence-electron chi connectivity index (χ4n) is 3.01. The molecule has 25 heavy (non-hydrogen) atoms. The summed E-state index contributed by atoms with van der Waals surface area (Å²) in [5.74, 6) is 1.32. The van der Waals surface area contributed by atoms with E-state index >= 15 is 0 Å². The van der Waals surface area contributed by atoms with Gasteiger partial charge in [0.05, 0.1) is 12.2 Å². The molecule has 1 aromatic heterocycles. The quantitative estimate of drug-likeness (QED) is 0.765. The maximum atomic E-state index is 5.96. The van der Waals surface area contributed by atoms with Crippen molar-refractivity contribution in [3.05, 3.63) is 46.8 Å². The smallest absolute Gasteiger partial charge is 0.150 e. The molecule has 0 aliphatic carbocycles. The maximum absolute atomic E-state index is 5.96. The molecule has 3 rings (SSSR count). The van der Waals surface area contributed by atoms with Crippen molar-refractivity contribution in [2.45, 2.75) is 26.3 Å². The third-order valence-corrected chi connectivity index (χ3v) is 4.89. The Morgan fingerprint density at radius 3 is 2.52 bits per heavy atom. The molecule has 0 amide bonds. The lowest BCUT2D eigenvalue weighted by Crippen LogP contribution is -2.48. The number of piperazine rings is 1. The Balaban J connectivity index is 1.34. The molecular formula is C19H27ClN4O. The first-order chi connectivity index (χ1) is 12.1. The zero-order valence-corrected chi connectivity index (χ0v) is 15.8. The number of halogens is 1. The minimum atomic E-state index is 0.412. The Morgan fingerprint density at radius 2 is 1.88 bits per heavy atom. The van der Waals surface area contributed by atoms with E-state index in [1.807, 2.05) is 18.2 Å². The van der Waals surface area contributed by atoms with Crippen molar-refractivity contribution >= 4 is 17.3 Å². The minimum Gasteiger partial charge on any atom is -0.369 e. The number of benzene rings is 1. The van der Waals surface area contributed by atoms with Crippen molar-refractivity contribution in [3.8, 4) is 0 Å². The van der Waals surface area contributed by atoms with Crippen LogP contribution < -0.4 is 10.2 Å². The monoisotopic (exact) mass is 362 g/mol. The number of nitrogens with zero attached hydrogens (tertiary/aromatic N) is 3. The van der Waals surface area contributed by atoms with Gasteiger partial charge in [-0.3, -0.25) is 4.90 Å². The van der Waals surface area contributed by atoms with Crippen LogP contribution in [0.2, 0.25) is 5.02 Å². The SMILES string of the molecule is CC(C)c1cc(CNCCN2CCN(c3ccc(Cl)cc3)CC2)on1. The zero-order valence-electron chi connectivity index (χ0n) is 15.0. The second-order valence-electron chi connectivity index (χ2n) is 6.85. The zero-order chi connectivity index (χ0) is 17.6. The molecule has 1 aliphatic rings. The number of rotatable bonds is 7. The molecule has 5 nitrogen and oxygen atoms in total. The highest BCUT2D eigenvalue weighted by atomic mass is 35.5. The summed E-state index contributed by atoms with van der Waals surface area (Å²) in [6.07, 6.45) is 0. The van der Waals surface area contributed by atoms with Crippen molar-refractivity contribution < 1.29 is 4.52 Å². The number of hydrogen-bond donors (Lipinski definition) is 1. The highest BCUT2D eigenvalue weighted by Gasteiger charge is 2.16. The lowest BCUT2D eigenvalue weighted by Gasteiger charge is -2.36. The molecule has 0 saturated carbocycles. The Labute approximate surface area is 154 Å². The van der Waals surface area contributed by atoms with Crippen molar-refractivity contribution in [1.29, 1.82) is 0 Å². The second-order valence-corrected chi connectivity index (χ2v) is 7.29. The Kier molecular flexibility index (Phi) is 6.34. The van der Waals surface area contributed by atoms with Gasteiger partial charge in [-0.1, -0.05) is 30.6 Å². The summed E-state index contributed by atoms with van der Waals surface area (Å²) >= 11 is 5.96. The van der Waals surface area contributed by atoms with Crippen LogP contribution in [0.15, 0.2) is 34.9 Å². The molecule has 1 saturated heterocycles. The largest absolute Gasteiger partial charge is 0.369 e. The van der Waals surface area contributed by atoms with Crippen LogP contribution in [-0.2, 0) is 6.54 Å². The van der Waals surface area contributed by atoms with Crippen LogP contribution in [-0.4, -0.2) is 49.3 Å². The van der Waals surface area contributed by atoms with Gasteiger partial charge in [-0.15, -0.1) is 0 Å².